The van der Waals surface area contributed by atoms with Crippen LogP contribution in [0.3, 0.4) is 0 Å². The SMILES string of the molecule is COc1ccc(-c2nc(C(=O)N3CC=C(c4ccc(F)cc4)CC3)c([C@H](C)N)o2)c2ccc(C(F)(F)F)nc12. The van der Waals surface area contributed by atoms with Gasteiger partial charge < -0.3 is 19.8 Å². The zero-order valence-corrected chi connectivity index (χ0v) is 21.1. The number of amides is 1. The summed E-state index contributed by atoms with van der Waals surface area (Å²) in [6.45, 7) is 2.35. The first-order valence-electron chi connectivity index (χ1n) is 12.1. The maximum absolute atomic E-state index is 13.5. The average molecular weight is 541 g/mol. The number of nitrogens with zero attached hydrogens (tertiary/aromatic N) is 3. The van der Waals surface area contributed by atoms with Crippen LogP contribution in [-0.2, 0) is 6.18 Å². The molecule has 39 heavy (non-hydrogen) atoms. The Labute approximate surface area is 220 Å². The van der Waals surface area contributed by atoms with Crippen molar-refractivity contribution in [3.63, 3.8) is 0 Å². The number of aromatic nitrogens is 2. The lowest BCUT2D eigenvalue weighted by molar-refractivity contribution is -0.140. The van der Waals surface area contributed by atoms with Crippen molar-refractivity contribution in [1.82, 2.24) is 14.9 Å². The normalized spacial score (nSPS) is 14.8. The number of alkyl halides is 3. The number of hydrogen-bond acceptors (Lipinski definition) is 6. The minimum Gasteiger partial charge on any atom is -0.494 e. The molecule has 0 saturated carbocycles. The lowest BCUT2D eigenvalue weighted by Crippen LogP contribution is -2.35. The van der Waals surface area contributed by atoms with Crippen molar-refractivity contribution in [2.24, 2.45) is 5.73 Å². The van der Waals surface area contributed by atoms with E-state index in [1.54, 1.807) is 30.0 Å². The second kappa shape index (κ2) is 10.1. The molecule has 202 valence electrons. The second-order valence-electron chi connectivity index (χ2n) is 9.16. The smallest absolute Gasteiger partial charge is 0.433 e. The molecular formula is C28H24F4N4O3. The molecule has 0 saturated heterocycles. The van der Waals surface area contributed by atoms with Gasteiger partial charge in [0, 0.05) is 24.0 Å². The molecule has 5 rings (SSSR count). The zero-order valence-electron chi connectivity index (χ0n) is 21.1. The average Bonchev–Trinajstić information content (AvgIpc) is 3.37. The fraction of sp³-hybridized carbons (Fsp3) is 0.250. The summed E-state index contributed by atoms with van der Waals surface area (Å²) in [4.78, 5) is 23.3. The Morgan fingerprint density at radius 1 is 1.10 bits per heavy atom. The number of carbonyl (C=O) groups excluding carboxylic acids is 1. The fourth-order valence-corrected chi connectivity index (χ4v) is 4.54. The van der Waals surface area contributed by atoms with E-state index < -0.39 is 17.9 Å². The highest BCUT2D eigenvalue weighted by Crippen LogP contribution is 2.37. The molecule has 0 spiro atoms. The molecular weight excluding hydrogens is 516 g/mol. The Balaban J connectivity index is 1.50. The van der Waals surface area contributed by atoms with Gasteiger partial charge in [0.25, 0.3) is 5.91 Å². The quantitative estimate of drug-likeness (QED) is 0.312. The molecule has 0 fully saturated rings. The van der Waals surface area contributed by atoms with E-state index in [1.165, 1.54) is 31.4 Å². The molecule has 0 bridgehead atoms. The summed E-state index contributed by atoms with van der Waals surface area (Å²) < 4.78 is 64.4. The van der Waals surface area contributed by atoms with E-state index in [4.69, 9.17) is 14.9 Å². The fourth-order valence-electron chi connectivity index (χ4n) is 4.54. The number of pyridine rings is 1. The molecule has 11 heteroatoms. The standard InChI is InChI=1S/C28H24F4N4O3/c1-15(33)25-24(27(37)36-13-11-17(12-14-36)16-3-5-18(29)6-4-16)35-26(39-25)20-7-9-21(38-2)23-19(20)8-10-22(34-23)28(30,31)32/h3-11,15H,12-14,33H2,1-2H3/t15-/m0/s1. The molecule has 1 aliphatic rings. The highest BCUT2D eigenvalue weighted by Gasteiger charge is 2.34. The summed E-state index contributed by atoms with van der Waals surface area (Å²) in [6, 6.07) is 10.7. The molecule has 2 N–H and O–H groups in total. The maximum Gasteiger partial charge on any atom is 0.433 e. The molecule has 2 aromatic heterocycles. The number of hydrogen-bond donors (Lipinski definition) is 1. The molecule has 0 radical (unpaired) electrons. The number of ether oxygens (including phenoxy) is 1. The Bertz CT molecular complexity index is 1580. The molecule has 3 heterocycles. The van der Waals surface area contributed by atoms with Crippen LogP contribution in [-0.4, -0.2) is 41.0 Å². The number of carbonyl (C=O) groups is 1. The van der Waals surface area contributed by atoms with E-state index in [0.29, 0.717) is 30.5 Å². The molecule has 1 amide bonds. The van der Waals surface area contributed by atoms with E-state index in [2.05, 4.69) is 9.97 Å². The van der Waals surface area contributed by atoms with Gasteiger partial charge in [0.05, 0.1) is 13.2 Å². The molecule has 0 unspecified atom stereocenters. The van der Waals surface area contributed by atoms with E-state index in [0.717, 1.165) is 17.2 Å². The van der Waals surface area contributed by atoms with Crippen molar-refractivity contribution >= 4 is 22.4 Å². The number of benzene rings is 2. The van der Waals surface area contributed by atoms with Crippen LogP contribution in [0.2, 0.25) is 0 Å². The predicted molar refractivity (Wildman–Crippen MR) is 136 cm³/mol. The molecule has 0 aliphatic carbocycles. The summed E-state index contributed by atoms with van der Waals surface area (Å²) in [7, 11) is 1.33. The van der Waals surface area contributed by atoms with Crippen LogP contribution >= 0.6 is 0 Å². The highest BCUT2D eigenvalue weighted by molar-refractivity contribution is 5.98. The third-order valence-corrected chi connectivity index (χ3v) is 6.54. The van der Waals surface area contributed by atoms with Crippen molar-refractivity contribution in [1.29, 1.82) is 0 Å². The van der Waals surface area contributed by atoms with Gasteiger partial charge in [-0.3, -0.25) is 4.79 Å². The van der Waals surface area contributed by atoms with E-state index in [9.17, 15) is 22.4 Å². The predicted octanol–water partition coefficient (Wildman–Crippen LogP) is 6.01. The molecule has 1 aliphatic heterocycles. The number of rotatable bonds is 5. The van der Waals surface area contributed by atoms with Crippen molar-refractivity contribution in [3.05, 3.63) is 83.1 Å². The number of fused-ring (bicyclic) bond motifs is 1. The largest absolute Gasteiger partial charge is 0.494 e. The summed E-state index contributed by atoms with van der Waals surface area (Å²) in [5, 5.41) is 0.309. The van der Waals surface area contributed by atoms with Crippen molar-refractivity contribution in [2.45, 2.75) is 25.6 Å². The van der Waals surface area contributed by atoms with Gasteiger partial charge in [-0.15, -0.1) is 0 Å². The van der Waals surface area contributed by atoms with Gasteiger partial charge in [-0.1, -0.05) is 18.2 Å². The van der Waals surface area contributed by atoms with Crippen molar-refractivity contribution in [3.8, 4) is 17.2 Å². The highest BCUT2D eigenvalue weighted by atomic mass is 19.4. The third kappa shape index (κ3) is 5.09. The Morgan fingerprint density at radius 2 is 1.85 bits per heavy atom. The van der Waals surface area contributed by atoms with Gasteiger partial charge in [0.1, 0.15) is 22.8 Å². The van der Waals surface area contributed by atoms with Crippen LogP contribution in [0.4, 0.5) is 17.6 Å². The van der Waals surface area contributed by atoms with Gasteiger partial charge >= 0.3 is 6.18 Å². The first kappa shape index (κ1) is 26.4. The van der Waals surface area contributed by atoms with Gasteiger partial charge in [-0.25, -0.2) is 14.4 Å². The third-order valence-electron chi connectivity index (χ3n) is 6.54. The summed E-state index contributed by atoms with van der Waals surface area (Å²) in [5.41, 5.74) is 7.27. The van der Waals surface area contributed by atoms with Crippen LogP contribution in [0.5, 0.6) is 5.75 Å². The molecule has 2 aromatic carbocycles. The Hall–Kier alpha value is -4.25. The van der Waals surface area contributed by atoms with Crippen LogP contribution in [0.15, 0.2) is 59.0 Å². The number of nitrogens with two attached hydrogens (primary N) is 1. The van der Waals surface area contributed by atoms with Crippen LogP contribution in [0.1, 0.15) is 46.9 Å². The zero-order chi connectivity index (χ0) is 27.9. The van der Waals surface area contributed by atoms with Crippen LogP contribution < -0.4 is 10.5 Å². The van der Waals surface area contributed by atoms with Crippen molar-refractivity contribution < 1.29 is 31.5 Å². The molecule has 1 atom stereocenters. The van der Waals surface area contributed by atoms with Gasteiger partial charge in [0.2, 0.25) is 5.89 Å². The van der Waals surface area contributed by atoms with Crippen LogP contribution in [0.25, 0.3) is 27.9 Å². The first-order chi connectivity index (χ1) is 18.6. The minimum atomic E-state index is -4.64. The van der Waals surface area contributed by atoms with Crippen molar-refractivity contribution in [2.75, 3.05) is 20.2 Å². The van der Waals surface area contributed by atoms with Gasteiger partial charge in [-0.05, 0) is 60.9 Å². The second-order valence-corrected chi connectivity index (χ2v) is 9.16. The van der Waals surface area contributed by atoms with E-state index >= 15 is 0 Å². The molecule has 7 nitrogen and oxygen atoms in total. The number of halogens is 4. The topological polar surface area (TPSA) is 94.5 Å². The van der Waals surface area contributed by atoms with E-state index in [1.807, 2.05) is 6.08 Å². The van der Waals surface area contributed by atoms with Crippen LogP contribution in [0, 0.1) is 5.82 Å². The van der Waals surface area contributed by atoms with E-state index in [-0.39, 0.29) is 40.3 Å². The van der Waals surface area contributed by atoms with Gasteiger partial charge in [0.15, 0.2) is 11.5 Å². The minimum absolute atomic E-state index is 0.0206. The number of methoxy groups -OCH3 is 1. The Kier molecular flexibility index (Phi) is 6.85. The maximum atomic E-state index is 13.5. The first-order valence-corrected chi connectivity index (χ1v) is 12.1. The molecule has 4 aromatic rings. The summed E-state index contributed by atoms with van der Waals surface area (Å²) in [6.07, 6.45) is -2.17. The Morgan fingerprint density at radius 3 is 2.46 bits per heavy atom. The number of oxazole rings is 1. The lowest BCUT2D eigenvalue weighted by Gasteiger charge is -2.26. The summed E-state index contributed by atoms with van der Waals surface area (Å²) in [5.74, 6) is -0.376. The lowest BCUT2D eigenvalue weighted by atomic mass is 9.99. The monoisotopic (exact) mass is 540 g/mol. The summed E-state index contributed by atoms with van der Waals surface area (Å²) >= 11 is 0. The van der Waals surface area contributed by atoms with Gasteiger partial charge in [-0.2, -0.15) is 13.2 Å².